The molecule has 0 spiro atoms. The van der Waals surface area contributed by atoms with E-state index >= 15 is 0 Å². The minimum atomic E-state index is 0.306. The Morgan fingerprint density at radius 1 is 1.25 bits per heavy atom. The van der Waals surface area contributed by atoms with Gasteiger partial charge in [-0.25, -0.2) is 0 Å². The van der Waals surface area contributed by atoms with Crippen molar-refractivity contribution in [3.8, 4) is 0 Å². The molecule has 4 heteroatoms. The van der Waals surface area contributed by atoms with E-state index in [2.05, 4.69) is 24.8 Å². The van der Waals surface area contributed by atoms with Crippen LogP contribution in [0.25, 0.3) is 0 Å². The number of hydrogen-bond donors (Lipinski definition) is 1. The zero-order valence-electron chi connectivity index (χ0n) is 12.6. The van der Waals surface area contributed by atoms with Crippen LogP contribution in [0.15, 0.2) is 18.2 Å². The molecule has 0 aliphatic carbocycles. The van der Waals surface area contributed by atoms with Gasteiger partial charge in [0, 0.05) is 44.0 Å². The van der Waals surface area contributed by atoms with Gasteiger partial charge in [0.05, 0.1) is 0 Å². The fourth-order valence-electron chi connectivity index (χ4n) is 2.72. The summed E-state index contributed by atoms with van der Waals surface area (Å²) in [4.78, 5) is 16.3. The van der Waals surface area contributed by atoms with Crippen molar-refractivity contribution >= 4 is 17.3 Å². The predicted molar refractivity (Wildman–Crippen MR) is 83.9 cm³/mol. The van der Waals surface area contributed by atoms with E-state index < -0.39 is 0 Å². The van der Waals surface area contributed by atoms with Gasteiger partial charge in [-0.1, -0.05) is 13.3 Å². The van der Waals surface area contributed by atoms with Crippen molar-refractivity contribution in [1.29, 1.82) is 0 Å². The Morgan fingerprint density at radius 3 is 2.55 bits per heavy atom. The molecular formula is C16H25N3O. The molecule has 1 heterocycles. The summed E-state index contributed by atoms with van der Waals surface area (Å²) in [5.41, 5.74) is 9.04. The Labute approximate surface area is 121 Å². The lowest BCUT2D eigenvalue weighted by atomic mass is 10.1. The second-order valence-electron chi connectivity index (χ2n) is 5.52. The molecule has 110 valence electrons. The van der Waals surface area contributed by atoms with Gasteiger partial charge >= 0.3 is 0 Å². The zero-order chi connectivity index (χ0) is 14.5. The van der Waals surface area contributed by atoms with Crippen molar-refractivity contribution in [2.75, 3.05) is 36.8 Å². The summed E-state index contributed by atoms with van der Waals surface area (Å²) in [6, 6.07) is 6.04. The summed E-state index contributed by atoms with van der Waals surface area (Å²) in [6.07, 6.45) is 2.77. The third-order valence-corrected chi connectivity index (χ3v) is 3.94. The molecule has 0 unspecified atom stereocenters. The van der Waals surface area contributed by atoms with E-state index in [1.165, 1.54) is 11.3 Å². The number of nitrogens with zero attached hydrogens (tertiary/aromatic N) is 2. The molecule has 2 rings (SSSR count). The standard InChI is InChI=1S/C16H25N3O/c1-3-4-5-16(20)19-10-8-18(9-11-19)15-7-6-14(17)12-13(15)2/h6-7,12H,3-5,8-11,17H2,1-2H3. The Bertz CT molecular complexity index is 465. The van der Waals surface area contributed by atoms with Crippen LogP contribution in [0.1, 0.15) is 31.7 Å². The average Bonchev–Trinajstić information content (AvgIpc) is 2.45. The van der Waals surface area contributed by atoms with Gasteiger partial charge in [0.2, 0.25) is 5.91 Å². The third-order valence-electron chi connectivity index (χ3n) is 3.94. The first-order valence-corrected chi connectivity index (χ1v) is 7.50. The summed E-state index contributed by atoms with van der Waals surface area (Å²) >= 11 is 0. The highest BCUT2D eigenvalue weighted by Crippen LogP contribution is 2.23. The number of anilines is 2. The van der Waals surface area contributed by atoms with Gasteiger partial charge in [0.25, 0.3) is 0 Å². The number of nitrogen functional groups attached to an aromatic ring is 1. The van der Waals surface area contributed by atoms with Crippen LogP contribution in [-0.2, 0) is 4.79 Å². The van der Waals surface area contributed by atoms with Crippen LogP contribution in [0, 0.1) is 6.92 Å². The molecule has 4 nitrogen and oxygen atoms in total. The van der Waals surface area contributed by atoms with E-state index in [4.69, 9.17) is 5.73 Å². The third kappa shape index (κ3) is 3.44. The molecule has 1 aliphatic heterocycles. The molecule has 2 N–H and O–H groups in total. The van der Waals surface area contributed by atoms with Crippen molar-refractivity contribution in [3.05, 3.63) is 23.8 Å². The van der Waals surface area contributed by atoms with Crippen LogP contribution in [0.3, 0.4) is 0 Å². The number of carbonyl (C=O) groups excluding carboxylic acids is 1. The number of benzene rings is 1. The number of piperazine rings is 1. The van der Waals surface area contributed by atoms with Gasteiger partial charge < -0.3 is 15.5 Å². The van der Waals surface area contributed by atoms with Gasteiger partial charge in [0.1, 0.15) is 0 Å². The van der Waals surface area contributed by atoms with Crippen molar-refractivity contribution in [2.24, 2.45) is 0 Å². The maximum Gasteiger partial charge on any atom is 0.222 e. The second kappa shape index (κ2) is 6.64. The molecule has 0 saturated carbocycles. The first-order valence-electron chi connectivity index (χ1n) is 7.50. The van der Waals surface area contributed by atoms with Crippen LogP contribution < -0.4 is 10.6 Å². The molecule has 1 fully saturated rings. The molecule has 0 radical (unpaired) electrons. The summed E-state index contributed by atoms with van der Waals surface area (Å²) < 4.78 is 0. The van der Waals surface area contributed by atoms with Crippen molar-refractivity contribution in [2.45, 2.75) is 33.1 Å². The Hall–Kier alpha value is -1.71. The number of unbranched alkanes of at least 4 members (excludes halogenated alkanes) is 1. The summed E-state index contributed by atoms with van der Waals surface area (Å²) in [7, 11) is 0. The number of aryl methyl sites for hydroxylation is 1. The summed E-state index contributed by atoms with van der Waals surface area (Å²) in [6.45, 7) is 7.67. The van der Waals surface area contributed by atoms with Gasteiger partial charge in [-0.05, 0) is 37.1 Å². The van der Waals surface area contributed by atoms with Gasteiger partial charge in [0.15, 0.2) is 0 Å². The first-order chi connectivity index (χ1) is 9.61. The minimum Gasteiger partial charge on any atom is -0.399 e. The number of nitrogens with two attached hydrogens (primary N) is 1. The largest absolute Gasteiger partial charge is 0.399 e. The van der Waals surface area contributed by atoms with Crippen molar-refractivity contribution in [1.82, 2.24) is 4.90 Å². The summed E-state index contributed by atoms with van der Waals surface area (Å²) in [5.74, 6) is 0.306. The molecule has 0 bridgehead atoms. The number of hydrogen-bond acceptors (Lipinski definition) is 3. The van der Waals surface area contributed by atoms with Gasteiger partial charge in [-0.2, -0.15) is 0 Å². The van der Waals surface area contributed by atoms with E-state index in [0.29, 0.717) is 12.3 Å². The number of amides is 1. The Balaban J connectivity index is 1.92. The SMILES string of the molecule is CCCCC(=O)N1CCN(c2ccc(N)cc2C)CC1. The van der Waals surface area contributed by atoms with E-state index in [0.717, 1.165) is 44.7 Å². The predicted octanol–water partition coefficient (Wildman–Crippen LogP) is 2.42. The lowest BCUT2D eigenvalue weighted by molar-refractivity contribution is -0.131. The lowest BCUT2D eigenvalue weighted by Gasteiger charge is -2.37. The highest BCUT2D eigenvalue weighted by Gasteiger charge is 2.21. The monoisotopic (exact) mass is 275 g/mol. The Morgan fingerprint density at radius 2 is 1.95 bits per heavy atom. The number of carbonyl (C=O) groups is 1. The van der Waals surface area contributed by atoms with Crippen molar-refractivity contribution < 1.29 is 4.79 Å². The van der Waals surface area contributed by atoms with E-state index in [1.54, 1.807) is 0 Å². The van der Waals surface area contributed by atoms with Crippen LogP contribution >= 0.6 is 0 Å². The van der Waals surface area contributed by atoms with Gasteiger partial charge in [-0.3, -0.25) is 4.79 Å². The highest BCUT2D eigenvalue weighted by molar-refractivity contribution is 5.76. The van der Waals surface area contributed by atoms with E-state index in [9.17, 15) is 4.79 Å². The van der Waals surface area contributed by atoms with Crippen LogP contribution in [-0.4, -0.2) is 37.0 Å². The van der Waals surface area contributed by atoms with Crippen molar-refractivity contribution in [3.63, 3.8) is 0 Å². The second-order valence-corrected chi connectivity index (χ2v) is 5.52. The van der Waals surface area contributed by atoms with Crippen LogP contribution in [0.2, 0.25) is 0 Å². The van der Waals surface area contributed by atoms with Gasteiger partial charge in [-0.15, -0.1) is 0 Å². The first kappa shape index (κ1) is 14.7. The molecule has 0 aromatic heterocycles. The fourth-order valence-corrected chi connectivity index (χ4v) is 2.72. The normalized spacial score (nSPS) is 15.5. The molecule has 1 saturated heterocycles. The minimum absolute atomic E-state index is 0.306. The molecule has 1 aromatic carbocycles. The molecule has 1 amide bonds. The average molecular weight is 275 g/mol. The molecule has 1 aromatic rings. The lowest BCUT2D eigenvalue weighted by Crippen LogP contribution is -2.48. The maximum atomic E-state index is 12.0. The quantitative estimate of drug-likeness (QED) is 0.859. The smallest absolute Gasteiger partial charge is 0.222 e. The van der Waals surface area contributed by atoms with Crippen LogP contribution in [0.5, 0.6) is 0 Å². The highest BCUT2D eigenvalue weighted by atomic mass is 16.2. The molecule has 20 heavy (non-hydrogen) atoms. The Kier molecular flexibility index (Phi) is 4.88. The van der Waals surface area contributed by atoms with E-state index in [-0.39, 0.29) is 0 Å². The molecule has 0 atom stereocenters. The van der Waals surface area contributed by atoms with E-state index in [1.807, 2.05) is 17.0 Å². The number of rotatable bonds is 4. The topological polar surface area (TPSA) is 49.6 Å². The fraction of sp³-hybridized carbons (Fsp3) is 0.562. The molecular weight excluding hydrogens is 250 g/mol. The maximum absolute atomic E-state index is 12.0. The summed E-state index contributed by atoms with van der Waals surface area (Å²) in [5, 5.41) is 0. The molecule has 1 aliphatic rings. The zero-order valence-corrected chi connectivity index (χ0v) is 12.6. The van der Waals surface area contributed by atoms with Crippen LogP contribution in [0.4, 0.5) is 11.4 Å².